The fourth-order valence-corrected chi connectivity index (χ4v) is 5.47. The minimum atomic E-state index is -1.95. The maximum Gasteiger partial charge on any atom is 0.221 e. The van der Waals surface area contributed by atoms with Crippen LogP contribution in [-0.4, -0.2) is 169 Å². The van der Waals surface area contributed by atoms with Crippen LogP contribution >= 0.6 is 11.6 Å². The molecule has 18 nitrogen and oxygen atoms in total. The van der Waals surface area contributed by atoms with Crippen LogP contribution in [-0.2, 0) is 39.8 Å². The van der Waals surface area contributed by atoms with Gasteiger partial charge in [0.05, 0.1) is 37.1 Å². The highest BCUT2D eigenvalue weighted by molar-refractivity contribution is 6.33. The van der Waals surface area contributed by atoms with Gasteiger partial charge < -0.3 is 84.8 Å². The average molecular weight is 686 g/mol. The largest absolute Gasteiger partial charge is 0.394 e. The number of rotatable bonds is 11. The lowest BCUT2D eigenvalue weighted by molar-refractivity contribution is -0.379. The number of anilines is 1. The monoisotopic (exact) mass is 685 g/mol. The summed E-state index contributed by atoms with van der Waals surface area (Å²) in [7, 11) is 0. The topological polar surface area (TPSA) is 287 Å². The zero-order valence-corrected chi connectivity index (χ0v) is 25.2. The molecular formula is C27H40ClNO17. The molecule has 19 heteroatoms. The van der Waals surface area contributed by atoms with Crippen LogP contribution in [0.1, 0.15) is 12.5 Å². The van der Waals surface area contributed by atoms with Gasteiger partial charge in [-0.2, -0.15) is 0 Å². The molecule has 1 aromatic rings. The molecule has 0 spiro atoms. The lowest BCUT2D eigenvalue weighted by Gasteiger charge is -2.48. The second-order valence-electron chi connectivity index (χ2n) is 11.1. The van der Waals surface area contributed by atoms with Crippen molar-refractivity contribution in [3.63, 3.8) is 0 Å². The Morgan fingerprint density at radius 1 is 0.717 bits per heavy atom. The Morgan fingerprint density at radius 2 is 1.20 bits per heavy atom. The molecule has 0 aromatic heterocycles. The number of benzene rings is 1. The molecule has 3 aliphatic heterocycles. The van der Waals surface area contributed by atoms with Crippen molar-refractivity contribution in [1.29, 1.82) is 0 Å². The number of ether oxygens (including phenoxy) is 6. The zero-order chi connectivity index (χ0) is 33.9. The van der Waals surface area contributed by atoms with Gasteiger partial charge in [-0.05, 0) is 17.7 Å². The highest BCUT2D eigenvalue weighted by Crippen LogP contribution is 2.33. The molecule has 0 aliphatic carbocycles. The first-order valence-corrected chi connectivity index (χ1v) is 14.7. The second-order valence-corrected chi connectivity index (χ2v) is 11.5. The summed E-state index contributed by atoms with van der Waals surface area (Å²) in [5.74, 6) is -0.354. The third-order valence-electron chi connectivity index (χ3n) is 7.83. The zero-order valence-electron chi connectivity index (χ0n) is 24.4. The molecule has 0 bridgehead atoms. The van der Waals surface area contributed by atoms with Gasteiger partial charge in [-0.25, -0.2) is 0 Å². The van der Waals surface area contributed by atoms with Crippen LogP contribution in [0, 0.1) is 0 Å². The Labute approximate surface area is 267 Å². The number of carbonyl (C=O) groups excluding carboxylic acids is 1. The first-order valence-electron chi connectivity index (χ1n) is 14.3. The number of aliphatic hydroxyl groups is 10. The maximum atomic E-state index is 11.4. The van der Waals surface area contributed by atoms with Crippen molar-refractivity contribution in [3.8, 4) is 0 Å². The predicted octanol–water partition coefficient (Wildman–Crippen LogP) is -4.74. The molecule has 0 saturated carbocycles. The molecule has 1 amide bonds. The number of amides is 1. The number of hydrogen-bond acceptors (Lipinski definition) is 17. The third-order valence-corrected chi connectivity index (χ3v) is 8.16. The van der Waals surface area contributed by atoms with Crippen LogP contribution in [0.15, 0.2) is 18.2 Å². The molecule has 11 N–H and O–H groups in total. The Kier molecular flexibility index (Phi) is 13.1. The van der Waals surface area contributed by atoms with Crippen molar-refractivity contribution in [2.24, 2.45) is 0 Å². The number of nitrogens with one attached hydrogen (secondary N) is 1. The van der Waals surface area contributed by atoms with Crippen LogP contribution in [0.3, 0.4) is 0 Å². The van der Waals surface area contributed by atoms with Gasteiger partial charge in [0.1, 0.15) is 73.2 Å². The summed E-state index contributed by atoms with van der Waals surface area (Å²) < 4.78 is 33.2. The van der Waals surface area contributed by atoms with Crippen molar-refractivity contribution in [2.45, 2.75) is 106 Å². The van der Waals surface area contributed by atoms with E-state index in [1.54, 1.807) is 6.07 Å². The number of aliphatic hydroxyl groups excluding tert-OH is 10. The molecule has 46 heavy (non-hydrogen) atoms. The highest BCUT2D eigenvalue weighted by Gasteiger charge is 2.53. The Morgan fingerprint density at radius 3 is 1.72 bits per heavy atom. The smallest absolute Gasteiger partial charge is 0.221 e. The lowest BCUT2D eigenvalue weighted by Crippen LogP contribution is -2.66. The standard InChI is InChI=1S/C27H40ClNO17/c1-9(33)29-12-4-10(2-3-11(12)28)8-41-25-21(39)18(36)23(14(6-31)43-25)46-27-22(40)19(37)24(15(7-32)44-27)45-26-20(38)17(35)16(34)13(5-30)42-26/h2-4,13-27,30-32,34-40H,5-8H2,1H3,(H,29,33). The molecule has 0 radical (unpaired) electrons. The third kappa shape index (κ3) is 8.13. The summed E-state index contributed by atoms with van der Waals surface area (Å²) in [6.07, 6.45) is -25.1. The van der Waals surface area contributed by atoms with Crippen LogP contribution in [0.2, 0.25) is 5.02 Å². The number of hydrogen-bond donors (Lipinski definition) is 11. The summed E-state index contributed by atoms with van der Waals surface area (Å²) in [6, 6.07) is 4.64. The van der Waals surface area contributed by atoms with Crippen molar-refractivity contribution < 1.29 is 84.3 Å². The van der Waals surface area contributed by atoms with Crippen LogP contribution in [0.5, 0.6) is 0 Å². The average Bonchev–Trinajstić information content (AvgIpc) is 3.03. The summed E-state index contributed by atoms with van der Waals surface area (Å²) in [4.78, 5) is 11.4. The maximum absolute atomic E-state index is 11.4. The fraction of sp³-hybridized carbons (Fsp3) is 0.741. The molecule has 3 aliphatic rings. The van der Waals surface area contributed by atoms with Gasteiger partial charge in [0.15, 0.2) is 18.9 Å². The first kappa shape index (κ1) is 37.2. The van der Waals surface area contributed by atoms with Crippen molar-refractivity contribution in [3.05, 3.63) is 28.8 Å². The lowest BCUT2D eigenvalue weighted by atomic mass is 9.96. The molecular weight excluding hydrogens is 646 g/mol. The molecule has 15 atom stereocenters. The van der Waals surface area contributed by atoms with Gasteiger partial charge in [0, 0.05) is 6.92 Å². The van der Waals surface area contributed by atoms with Gasteiger partial charge >= 0.3 is 0 Å². The van der Waals surface area contributed by atoms with E-state index in [-0.39, 0.29) is 17.5 Å². The Balaban J connectivity index is 1.40. The van der Waals surface area contributed by atoms with Crippen LogP contribution < -0.4 is 5.32 Å². The molecule has 4 rings (SSSR count). The van der Waals surface area contributed by atoms with E-state index in [0.717, 1.165) is 0 Å². The molecule has 262 valence electrons. The molecule has 1 aromatic carbocycles. The van der Waals surface area contributed by atoms with Gasteiger partial charge in [0.2, 0.25) is 5.91 Å². The van der Waals surface area contributed by atoms with Gasteiger partial charge in [0.25, 0.3) is 0 Å². The fourth-order valence-electron chi connectivity index (χ4n) is 5.31. The van der Waals surface area contributed by atoms with Crippen molar-refractivity contribution >= 4 is 23.2 Å². The second kappa shape index (κ2) is 16.2. The van der Waals surface area contributed by atoms with E-state index >= 15 is 0 Å². The van der Waals surface area contributed by atoms with Gasteiger partial charge in [-0.3, -0.25) is 4.79 Å². The SMILES string of the molecule is CC(=O)Nc1cc(COC2OC(CO)C(OC3OC(CO)C(OC4OC(CO)C(O)C(O)C4O)C(O)C3O)C(O)C2O)ccc1Cl. The molecule has 3 fully saturated rings. The summed E-state index contributed by atoms with van der Waals surface area (Å²) in [5.41, 5.74) is 0.831. The van der Waals surface area contributed by atoms with Gasteiger partial charge in [-0.1, -0.05) is 17.7 Å². The molecule has 3 heterocycles. The molecule has 15 unspecified atom stereocenters. The first-order chi connectivity index (χ1) is 21.8. The van der Waals surface area contributed by atoms with Crippen molar-refractivity contribution in [1.82, 2.24) is 0 Å². The van der Waals surface area contributed by atoms with Crippen LogP contribution in [0.25, 0.3) is 0 Å². The number of halogens is 1. The van der Waals surface area contributed by atoms with Gasteiger partial charge in [-0.15, -0.1) is 0 Å². The highest BCUT2D eigenvalue weighted by atomic mass is 35.5. The summed E-state index contributed by atoms with van der Waals surface area (Å²) in [6.45, 7) is -1.23. The van der Waals surface area contributed by atoms with E-state index in [1.807, 2.05) is 0 Å². The minimum absolute atomic E-state index is 0.174. The molecule has 3 saturated heterocycles. The van der Waals surface area contributed by atoms with E-state index < -0.39 is 112 Å². The summed E-state index contributed by atoms with van der Waals surface area (Å²) in [5, 5.41) is 106. The van der Waals surface area contributed by atoms with E-state index in [9.17, 15) is 55.9 Å². The normalized spacial score (nSPS) is 41.7. The summed E-state index contributed by atoms with van der Waals surface area (Å²) >= 11 is 6.08. The van der Waals surface area contributed by atoms with E-state index in [2.05, 4.69) is 5.32 Å². The quantitative estimate of drug-likeness (QED) is 0.104. The van der Waals surface area contributed by atoms with E-state index in [4.69, 9.17) is 40.0 Å². The predicted molar refractivity (Wildman–Crippen MR) is 150 cm³/mol. The van der Waals surface area contributed by atoms with E-state index in [0.29, 0.717) is 11.3 Å². The van der Waals surface area contributed by atoms with E-state index in [1.165, 1.54) is 19.1 Å². The number of carbonyl (C=O) groups is 1. The Bertz CT molecular complexity index is 1150. The van der Waals surface area contributed by atoms with Crippen molar-refractivity contribution in [2.75, 3.05) is 25.1 Å². The Hall–Kier alpha value is -1.66. The van der Waals surface area contributed by atoms with Crippen LogP contribution in [0.4, 0.5) is 5.69 Å². The minimum Gasteiger partial charge on any atom is -0.394 e.